The van der Waals surface area contributed by atoms with Crippen LogP contribution in [0, 0.1) is 11.7 Å². The first-order valence-corrected chi connectivity index (χ1v) is 8.34. The van der Waals surface area contributed by atoms with E-state index >= 15 is 0 Å². The number of methoxy groups -OCH3 is 1. The average Bonchev–Trinajstić information content (AvgIpc) is 2.65. The number of hydrogen-bond acceptors (Lipinski definition) is 3. The summed E-state index contributed by atoms with van der Waals surface area (Å²) in [6.45, 7) is 2.32. The van der Waals surface area contributed by atoms with E-state index in [2.05, 4.69) is 0 Å². The molecule has 0 heterocycles. The maximum atomic E-state index is 13.3. The fourth-order valence-corrected chi connectivity index (χ4v) is 2.53. The molecule has 0 radical (unpaired) electrons. The van der Waals surface area contributed by atoms with Gasteiger partial charge in [-0.15, -0.1) is 0 Å². The summed E-state index contributed by atoms with van der Waals surface area (Å²) in [6.07, 6.45) is 2.95. The molecule has 0 aliphatic carbocycles. The largest absolute Gasteiger partial charge is 0.469 e. The summed E-state index contributed by atoms with van der Waals surface area (Å²) in [5.41, 5.74) is 1.55. The molecule has 4 nitrogen and oxygen atoms in total. The Morgan fingerprint density at radius 3 is 2.54 bits per heavy atom. The molecule has 2 aromatic carbocycles. The van der Waals surface area contributed by atoms with Gasteiger partial charge in [0.2, 0.25) is 5.91 Å². The highest BCUT2D eigenvalue weighted by atomic mass is 19.1. The summed E-state index contributed by atoms with van der Waals surface area (Å²) >= 11 is 0. The van der Waals surface area contributed by atoms with Gasteiger partial charge in [0.15, 0.2) is 0 Å². The summed E-state index contributed by atoms with van der Waals surface area (Å²) in [6, 6.07) is 15.5. The van der Waals surface area contributed by atoms with Crippen molar-refractivity contribution in [2.45, 2.75) is 13.5 Å². The molecule has 5 heteroatoms. The molecule has 1 amide bonds. The number of hydrogen-bond donors (Lipinski definition) is 0. The van der Waals surface area contributed by atoms with E-state index in [-0.39, 0.29) is 24.2 Å². The second-order valence-electron chi connectivity index (χ2n) is 6.02. The number of benzene rings is 2. The third kappa shape index (κ3) is 5.84. The predicted octanol–water partition coefficient (Wildman–Crippen LogP) is 3.68. The summed E-state index contributed by atoms with van der Waals surface area (Å²) in [5, 5.41) is 0. The first-order valence-electron chi connectivity index (χ1n) is 8.34. The van der Waals surface area contributed by atoms with Gasteiger partial charge in [0, 0.05) is 19.2 Å². The van der Waals surface area contributed by atoms with Gasteiger partial charge in [0.25, 0.3) is 0 Å². The van der Waals surface area contributed by atoms with Crippen molar-refractivity contribution in [2.75, 3.05) is 13.7 Å². The number of rotatable bonds is 7. The fraction of sp³-hybridized carbons (Fsp3) is 0.238. The lowest BCUT2D eigenvalue weighted by molar-refractivity contribution is -0.146. The first-order chi connectivity index (χ1) is 12.5. The van der Waals surface area contributed by atoms with Crippen LogP contribution in [0.1, 0.15) is 18.1 Å². The fourth-order valence-electron chi connectivity index (χ4n) is 2.53. The zero-order chi connectivity index (χ0) is 18.9. The van der Waals surface area contributed by atoms with Gasteiger partial charge < -0.3 is 9.64 Å². The van der Waals surface area contributed by atoms with Crippen LogP contribution in [0.3, 0.4) is 0 Å². The molecule has 1 atom stereocenters. The van der Waals surface area contributed by atoms with Gasteiger partial charge in [0.05, 0.1) is 13.0 Å². The Hall–Kier alpha value is -2.95. The molecule has 0 aliphatic heterocycles. The van der Waals surface area contributed by atoms with Crippen LogP contribution >= 0.6 is 0 Å². The lowest BCUT2D eigenvalue weighted by Crippen LogP contribution is -2.35. The number of carbonyl (C=O) groups is 2. The Morgan fingerprint density at radius 2 is 1.88 bits per heavy atom. The first kappa shape index (κ1) is 19.4. The number of halogens is 1. The minimum absolute atomic E-state index is 0.230. The van der Waals surface area contributed by atoms with Gasteiger partial charge >= 0.3 is 5.97 Å². The van der Waals surface area contributed by atoms with Crippen LogP contribution in [0.4, 0.5) is 4.39 Å². The van der Waals surface area contributed by atoms with Gasteiger partial charge in [0.1, 0.15) is 5.82 Å². The van der Waals surface area contributed by atoms with Crippen LogP contribution in [0.5, 0.6) is 0 Å². The van der Waals surface area contributed by atoms with E-state index in [1.54, 1.807) is 30.0 Å². The lowest BCUT2D eigenvalue weighted by atomic mass is 10.1. The minimum atomic E-state index is -0.449. The van der Waals surface area contributed by atoms with Crippen molar-refractivity contribution < 1.29 is 18.7 Å². The third-order valence-corrected chi connectivity index (χ3v) is 3.89. The van der Waals surface area contributed by atoms with Crippen molar-refractivity contribution in [3.63, 3.8) is 0 Å². The summed E-state index contributed by atoms with van der Waals surface area (Å²) in [4.78, 5) is 25.9. The zero-order valence-corrected chi connectivity index (χ0v) is 14.9. The Kier molecular flexibility index (Phi) is 7.09. The van der Waals surface area contributed by atoms with Crippen LogP contribution in [-0.4, -0.2) is 30.4 Å². The third-order valence-electron chi connectivity index (χ3n) is 3.89. The lowest BCUT2D eigenvalue weighted by Gasteiger charge is -2.24. The maximum absolute atomic E-state index is 13.3. The molecule has 0 spiro atoms. The molecular weight excluding hydrogens is 333 g/mol. The van der Waals surface area contributed by atoms with Crippen molar-refractivity contribution in [3.05, 3.63) is 77.6 Å². The Labute approximate surface area is 152 Å². The summed E-state index contributed by atoms with van der Waals surface area (Å²) < 4.78 is 18.0. The molecule has 1 unspecified atom stereocenters. The molecule has 0 aliphatic rings. The predicted molar refractivity (Wildman–Crippen MR) is 98.5 cm³/mol. The van der Waals surface area contributed by atoms with Gasteiger partial charge in [-0.3, -0.25) is 9.59 Å². The molecule has 0 fully saturated rings. The highest BCUT2D eigenvalue weighted by Crippen LogP contribution is 2.11. The minimum Gasteiger partial charge on any atom is -0.469 e. The van der Waals surface area contributed by atoms with Gasteiger partial charge in [-0.2, -0.15) is 0 Å². The molecule has 0 saturated heterocycles. The van der Waals surface area contributed by atoms with E-state index in [4.69, 9.17) is 4.74 Å². The Balaban J connectivity index is 2.15. The summed E-state index contributed by atoms with van der Waals surface area (Å²) in [7, 11) is 1.33. The van der Waals surface area contributed by atoms with Crippen molar-refractivity contribution in [2.24, 2.45) is 5.92 Å². The molecule has 0 bridgehead atoms. The van der Waals surface area contributed by atoms with E-state index in [9.17, 15) is 14.0 Å². The topological polar surface area (TPSA) is 46.6 Å². The number of esters is 1. The van der Waals surface area contributed by atoms with E-state index in [1.807, 2.05) is 30.3 Å². The number of carbonyl (C=O) groups excluding carboxylic acids is 2. The average molecular weight is 355 g/mol. The standard InChI is InChI=1S/C21H22FNO3/c1-16(21(25)26-2)14-23(15-18-7-4-3-5-8-18)20(24)12-11-17-9-6-10-19(22)13-17/h3-13,16H,14-15H2,1-2H3/b12-11+. The molecule has 2 aromatic rings. The van der Waals surface area contributed by atoms with Crippen LogP contribution in [0.25, 0.3) is 6.08 Å². The number of amides is 1. The van der Waals surface area contributed by atoms with E-state index in [0.717, 1.165) is 5.56 Å². The van der Waals surface area contributed by atoms with E-state index < -0.39 is 5.92 Å². The molecular formula is C21H22FNO3. The Bertz CT molecular complexity index is 774. The summed E-state index contributed by atoms with van der Waals surface area (Å²) in [5.74, 6) is -1.44. The van der Waals surface area contributed by atoms with Crippen LogP contribution < -0.4 is 0 Å². The normalized spacial score (nSPS) is 12.0. The van der Waals surface area contributed by atoms with Crippen molar-refractivity contribution in [3.8, 4) is 0 Å². The quantitative estimate of drug-likeness (QED) is 0.562. The van der Waals surface area contributed by atoms with E-state index in [0.29, 0.717) is 12.1 Å². The zero-order valence-electron chi connectivity index (χ0n) is 14.9. The number of ether oxygens (including phenoxy) is 1. The second-order valence-corrected chi connectivity index (χ2v) is 6.02. The highest BCUT2D eigenvalue weighted by molar-refractivity contribution is 5.92. The highest BCUT2D eigenvalue weighted by Gasteiger charge is 2.20. The van der Waals surface area contributed by atoms with Crippen molar-refractivity contribution >= 4 is 18.0 Å². The molecule has 136 valence electrons. The SMILES string of the molecule is COC(=O)C(C)CN(Cc1ccccc1)C(=O)/C=C/c1cccc(F)c1. The van der Waals surface area contributed by atoms with Gasteiger partial charge in [-0.1, -0.05) is 49.4 Å². The Morgan fingerprint density at radius 1 is 1.15 bits per heavy atom. The molecule has 0 N–H and O–H groups in total. The van der Waals surface area contributed by atoms with E-state index in [1.165, 1.54) is 25.3 Å². The van der Waals surface area contributed by atoms with Crippen LogP contribution in [0.2, 0.25) is 0 Å². The maximum Gasteiger partial charge on any atom is 0.310 e. The van der Waals surface area contributed by atoms with Crippen molar-refractivity contribution in [1.29, 1.82) is 0 Å². The van der Waals surface area contributed by atoms with Gasteiger partial charge in [-0.25, -0.2) is 4.39 Å². The van der Waals surface area contributed by atoms with Crippen LogP contribution in [0.15, 0.2) is 60.7 Å². The smallest absolute Gasteiger partial charge is 0.310 e. The monoisotopic (exact) mass is 355 g/mol. The molecule has 2 rings (SSSR count). The molecule has 0 saturated carbocycles. The number of nitrogens with zero attached hydrogens (tertiary/aromatic N) is 1. The van der Waals surface area contributed by atoms with Crippen molar-refractivity contribution in [1.82, 2.24) is 4.90 Å². The van der Waals surface area contributed by atoms with Crippen LogP contribution in [-0.2, 0) is 20.9 Å². The molecule has 26 heavy (non-hydrogen) atoms. The second kappa shape index (κ2) is 9.51. The van der Waals surface area contributed by atoms with Gasteiger partial charge in [-0.05, 0) is 29.3 Å². The molecule has 0 aromatic heterocycles.